The van der Waals surface area contributed by atoms with Crippen LogP contribution in [0.25, 0.3) is 0 Å². The molecule has 0 spiro atoms. The second-order valence-electron chi connectivity index (χ2n) is 9.87. The van der Waals surface area contributed by atoms with Crippen molar-refractivity contribution in [3.05, 3.63) is 106 Å². The first kappa shape index (κ1) is 26.7. The van der Waals surface area contributed by atoms with Gasteiger partial charge in [-0.25, -0.2) is 0 Å². The number of unbranched alkanes of at least 4 members (excludes halogenated alkanes) is 1. The Morgan fingerprint density at radius 3 is 2.11 bits per heavy atom. The molecule has 0 aliphatic rings. The molecular formula is C32H41NO2. The molecular weight excluding hydrogens is 430 g/mol. The van der Waals surface area contributed by atoms with Gasteiger partial charge in [-0.3, -0.25) is 9.69 Å². The third-order valence-corrected chi connectivity index (χ3v) is 6.97. The molecule has 0 saturated heterocycles. The van der Waals surface area contributed by atoms with Crippen molar-refractivity contribution in [2.24, 2.45) is 0 Å². The standard InChI is InChI=1S/C32H41NO2/c1-7-8-18-31(34)35-32(28-15-10-9-11-16-28)27(6)33(21-29-17-13-12-14-24(29)3)22-30-25(4)19-23(2)20-26(30)5/h9-17,19-20,27,32H,7-8,18,21-22H2,1-6H3/t27-,32-/m0/s1. The molecule has 0 radical (unpaired) electrons. The van der Waals surface area contributed by atoms with E-state index in [9.17, 15) is 4.79 Å². The molecule has 3 rings (SSSR count). The van der Waals surface area contributed by atoms with E-state index in [4.69, 9.17) is 4.74 Å². The summed E-state index contributed by atoms with van der Waals surface area (Å²) in [7, 11) is 0. The van der Waals surface area contributed by atoms with Crippen LogP contribution in [0.15, 0.2) is 66.7 Å². The number of ether oxygens (including phenoxy) is 1. The number of carbonyl (C=O) groups excluding carboxylic acids is 1. The summed E-state index contributed by atoms with van der Waals surface area (Å²) in [5.74, 6) is -0.119. The zero-order valence-electron chi connectivity index (χ0n) is 22.3. The van der Waals surface area contributed by atoms with E-state index >= 15 is 0 Å². The summed E-state index contributed by atoms with van der Waals surface area (Å²) in [4.78, 5) is 15.3. The molecule has 0 N–H and O–H groups in total. The van der Waals surface area contributed by atoms with E-state index in [1.165, 1.54) is 33.4 Å². The normalized spacial score (nSPS) is 13.0. The number of benzene rings is 3. The monoisotopic (exact) mass is 471 g/mol. The van der Waals surface area contributed by atoms with Gasteiger partial charge in [0.15, 0.2) is 0 Å². The number of hydrogen-bond acceptors (Lipinski definition) is 3. The minimum Gasteiger partial charge on any atom is -0.456 e. The van der Waals surface area contributed by atoms with Gasteiger partial charge in [0.05, 0.1) is 0 Å². The minimum atomic E-state index is -0.337. The number of rotatable bonds is 11. The summed E-state index contributed by atoms with van der Waals surface area (Å²) in [5.41, 5.74) is 8.86. The SMILES string of the molecule is CCCCC(=O)O[C@H](c1ccccc1)[C@H](C)N(Cc1ccccc1C)Cc1c(C)cc(C)cc1C. The van der Waals surface area contributed by atoms with Gasteiger partial charge in [-0.1, -0.05) is 85.6 Å². The highest BCUT2D eigenvalue weighted by molar-refractivity contribution is 5.69. The van der Waals surface area contributed by atoms with Crippen LogP contribution in [0.3, 0.4) is 0 Å². The Labute approximate surface area is 212 Å². The molecule has 0 saturated carbocycles. The second kappa shape index (κ2) is 12.7. The Hall–Kier alpha value is -2.91. The molecule has 3 nitrogen and oxygen atoms in total. The molecule has 0 bridgehead atoms. The zero-order valence-corrected chi connectivity index (χ0v) is 22.3. The first-order chi connectivity index (χ1) is 16.8. The molecule has 35 heavy (non-hydrogen) atoms. The van der Waals surface area contributed by atoms with E-state index in [0.29, 0.717) is 6.42 Å². The number of hydrogen-bond donors (Lipinski definition) is 0. The van der Waals surface area contributed by atoms with Crippen LogP contribution in [0, 0.1) is 27.7 Å². The number of esters is 1. The Morgan fingerprint density at radius 2 is 1.49 bits per heavy atom. The predicted molar refractivity (Wildman–Crippen MR) is 145 cm³/mol. The maximum absolute atomic E-state index is 12.8. The molecule has 0 unspecified atom stereocenters. The largest absolute Gasteiger partial charge is 0.456 e. The summed E-state index contributed by atoms with van der Waals surface area (Å²) >= 11 is 0. The molecule has 3 heteroatoms. The Balaban J connectivity index is 1.99. The molecule has 0 fully saturated rings. The van der Waals surface area contributed by atoms with Crippen LogP contribution in [-0.4, -0.2) is 16.9 Å². The van der Waals surface area contributed by atoms with E-state index in [-0.39, 0.29) is 18.1 Å². The van der Waals surface area contributed by atoms with E-state index < -0.39 is 0 Å². The quantitative estimate of drug-likeness (QED) is 0.267. The van der Waals surface area contributed by atoms with Gasteiger partial charge in [-0.15, -0.1) is 0 Å². The molecule has 0 amide bonds. The first-order valence-corrected chi connectivity index (χ1v) is 12.9. The van der Waals surface area contributed by atoms with Gasteiger partial charge in [0, 0.05) is 25.6 Å². The summed E-state index contributed by atoms with van der Waals surface area (Å²) in [6.07, 6.45) is 1.95. The van der Waals surface area contributed by atoms with Crippen LogP contribution in [0.4, 0.5) is 0 Å². The molecule has 0 heterocycles. The Kier molecular flexibility index (Phi) is 9.68. The van der Waals surface area contributed by atoms with Gasteiger partial charge in [0.2, 0.25) is 0 Å². The van der Waals surface area contributed by atoms with Gasteiger partial charge in [0.1, 0.15) is 6.10 Å². The third-order valence-electron chi connectivity index (χ3n) is 6.97. The van der Waals surface area contributed by atoms with Crippen LogP contribution in [-0.2, 0) is 22.6 Å². The zero-order chi connectivity index (χ0) is 25.4. The molecule has 0 aromatic heterocycles. The summed E-state index contributed by atoms with van der Waals surface area (Å²) in [6, 6.07) is 23.3. The predicted octanol–water partition coefficient (Wildman–Crippen LogP) is 7.79. The first-order valence-electron chi connectivity index (χ1n) is 12.9. The number of nitrogens with zero attached hydrogens (tertiary/aromatic N) is 1. The van der Waals surface area contributed by atoms with Crippen molar-refractivity contribution in [1.29, 1.82) is 0 Å². The fourth-order valence-corrected chi connectivity index (χ4v) is 4.81. The van der Waals surface area contributed by atoms with Gasteiger partial charge < -0.3 is 4.74 Å². The lowest BCUT2D eigenvalue weighted by Gasteiger charge is -2.36. The van der Waals surface area contributed by atoms with Crippen molar-refractivity contribution in [1.82, 2.24) is 4.90 Å². The molecule has 3 aromatic rings. The van der Waals surface area contributed by atoms with Crippen LogP contribution in [0.2, 0.25) is 0 Å². The van der Waals surface area contributed by atoms with E-state index in [1.807, 2.05) is 18.2 Å². The van der Waals surface area contributed by atoms with Crippen LogP contribution in [0.5, 0.6) is 0 Å². The van der Waals surface area contributed by atoms with Crippen molar-refractivity contribution in [3.63, 3.8) is 0 Å². The molecule has 2 atom stereocenters. The third kappa shape index (κ3) is 7.29. The smallest absolute Gasteiger partial charge is 0.306 e. The Bertz CT molecular complexity index is 1080. The van der Waals surface area contributed by atoms with E-state index in [2.05, 4.69) is 95.0 Å². The topological polar surface area (TPSA) is 29.5 Å². The lowest BCUT2D eigenvalue weighted by molar-refractivity contribution is -0.153. The molecule has 3 aromatic carbocycles. The fraction of sp³-hybridized carbons (Fsp3) is 0.406. The highest BCUT2D eigenvalue weighted by Gasteiger charge is 2.29. The molecule has 186 valence electrons. The second-order valence-corrected chi connectivity index (χ2v) is 9.87. The maximum Gasteiger partial charge on any atom is 0.306 e. The van der Waals surface area contributed by atoms with Crippen molar-refractivity contribution < 1.29 is 9.53 Å². The van der Waals surface area contributed by atoms with Gasteiger partial charge >= 0.3 is 5.97 Å². The summed E-state index contributed by atoms with van der Waals surface area (Å²) in [5, 5.41) is 0. The fourth-order valence-electron chi connectivity index (χ4n) is 4.81. The van der Waals surface area contributed by atoms with Crippen LogP contribution < -0.4 is 0 Å². The average Bonchev–Trinajstić information content (AvgIpc) is 2.84. The molecule has 0 aliphatic carbocycles. The van der Waals surface area contributed by atoms with Crippen LogP contribution in [0.1, 0.15) is 78.2 Å². The summed E-state index contributed by atoms with van der Waals surface area (Å²) < 4.78 is 6.19. The van der Waals surface area contributed by atoms with Crippen LogP contribution >= 0.6 is 0 Å². The minimum absolute atomic E-state index is 0.0114. The van der Waals surface area contributed by atoms with Crippen molar-refractivity contribution in [3.8, 4) is 0 Å². The number of carbonyl (C=O) groups is 1. The van der Waals surface area contributed by atoms with E-state index in [1.54, 1.807) is 0 Å². The van der Waals surface area contributed by atoms with Gasteiger partial charge in [-0.05, 0) is 74.4 Å². The average molecular weight is 472 g/mol. The highest BCUT2D eigenvalue weighted by Crippen LogP contribution is 2.30. The van der Waals surface area contributed by atoms with Crippen molar-refractivity contribution in [2.45, 2.75) is 86.0 Å². The Morgan fingerprint density at radius 1 is 0.857 bits per heavy atom. The highest BCUT2D eigenvalue weighted by atomic mass is 16.5. The maximum atomic E-state index is 12.8. The number of aryl methyl sites for hydroxylation is 4. The lowest BCUT2D eigenvalue weighted by atomic mass is 9.96. The van der Waals surface area contributed by atoms with Gasteiger partial charge in [0.25, 0.3) is 0 Å². The van der Waals surface area contributed by atoms with Gasteiger partial charge in [-0.2, -0.15) is 0 Å². The van der Waals surface area contributed by atoms with Crippen molar-refractivity contribution in [2.75, 3.05) is 0 Å². The lowest BCUT2D eigenvalue weighted by Crippen LogP contribution is -2.39. The van der Waals surface area contributed by atoms with E-state index in [0.717, 1.165) is 31.5 Å². The summed E-state index contributed by atoms with van der Waals surface area (Å²) in [6.45, 7) is 14.6. The molecule has 0 aliphatic heterocycles. The van der Waals surface area contributed by atoms with Crippen molar-refractivity contribution >= 4 is 5.97 Å².